The van der Waals surface area contributed by atoms with Gasteiger partial charge in [0.25, 0.3) is 0 Å². The number of nitrogens with two attached hydrogens (primary N) is 2. The zero-order valence-corrected chi connectivity index (χ0v) is 19.4. The van der Waals surface area contributed by atoms with E-state index in [0.717, 1.165) is 0 Å². The zero-order valence-electron chi connectivity index (χ0n) is 18.6. The minimum atomic E-state index is -1.35. The van der Waals surface area contributed by atoms with Gasteiger partial charge >= 0.3 is 5.97 Å². The standard InChI is InChI=1S/C21H31N5O6S/c1-12(22)18(28)25-16(11-17(23)27)20(30)26-15(10-13-6-4-3-5-7-13)19(29)24-14(21(31)32)8-9-33-2/h3-7,12,14-16H,8-11,22H2,1-2H3,(H2,23,27)(H,24,29)(H,25,28)(H,26,30)(H,31,32). The summed E-state index contributed by atoms with van der Waals surface area (Å²) >= 11 is 1.44. The molecule has 0 spiro atoms. The van der Waals surface area contributed by atoms with E-state index in [-0.39, 0.29) is 12.8 Å². The molecule has 4 amide bonds. The van der Waals surface area contributed by atoms with Crippen molar-refractivity contribution < 1.29 is 29.1 Å². The number of nitrogens with one attached hydrogen (secondary N) is 3. The Morgan fingerprint density at radius 1 is 0.939 bits per heavy atom. The highest BCUT2D eigenvalue weighted by atomic mass is 32.2. The number of carboxylic acids is 1. The van der Waals surface area contributed by atoms with Gasteiger partial charge in [-0.15, -0.1) is 0 Å². The van der Waals surface area contributed by atoms with Gasteiger partial charge in [0, 0.05) is 6.42 Å². The molecule has 0 saturated heterocycles. The number of amides is 4. The van der Waals surface area contributed by atoms with Crippen molar-refractivity contribution in [2.24, 2.45) is 11.5 Å². The third kappa shape index (κ3) is 10.4. The lowest BCUT2D eigenvalue weighted by atomic mass is 10.0. The average Bonchev–Trinajstić information content (AvgIpc) is 2.75. The first-order valence-corrected chi connectivity index (χ1v) is 11.6. The molecule has 12 heteroatoms. The van der Waals surface area contributed by atoms with Crippen LogP contribution in [0.1, 0.15) is 25.3 Å². The zero-order chi connectivity index (χ0) is 25.0. The normalized spacial score (nSPS) is 14.3. The van der Waals surface area contributed by atoms with Gasteiger partial charge in [-0.2, -0.15) is 11.8 Å². The second-order valence-corrected chi connectivity index (χ2v) is 8.44. The molecule has 11 nitrogen and oxygen atoms in total. The van der Waals surface area contributed by atoms with Gasteiger partial charge < -0.3 is 32.5 Å². The quantitative estimate of drug-likeness (QED) is 0.189. The molecule has 4 unspecified atom stereocenters. The summed E-state index contributed by atoms with van der Waals surface area (Å²) in [7, 11) is 0. The van der Waals surface area contributed by atoms with Crippen molar-refractivity contribution in [1.29, 1.82) is 0 Å². The first-order chi connectivity index (χ1) is 15.5. The summed E-state index contributed by atoms with van der Waals surface area (Å²) < 4.78 is 0. The van der Waals surface area contributed by atoms with Crippen LogP contribution in [0.4, 0.5) is 0 Å². The van der Waals surface area contributed by atoms with E-state index in [4.69, 9.17) is 11.5 Å². The second kappa shape index (κ2) is 14.1. The highest BCUT2D eigenvalue weighted by molar-refractivity contribution is 7.98. The van der Waals surface area contributed by atoms with E-state index in [1.54, 1.807) is 30.3 Å². The fourth-order valence-corrected chi connectivity index (χ4v) is 3.28. The van der Waals surface area contributed by atoms with Gasteiger partial charge in [-0.1, -0.05) is 30.3 Å². The molecule has 0 saturated carbocycles. The van der Waals surface area contributed by atoms with Crippen LogP contribution in [0.15, 0.2) is 30.3 Å². The number of hydrogen-bond acceptors (Lipinski definition) is 7. The lowest BCUT2D eigenvalue weighted by Crippen LogP contribution is -2.58. The average molecular weight is 482 g/mol. The van der Waals surface area contributed by atoms with E-state index >= 15 is 0 Å². The number of benzene rings is 1. The Labute approximate surface area is 196 Å². The summed E-state index contributed by atoms with van der Waals surface area (Å²) in [4.78, 5) is 60.7. The highest BCUT2D eigenvalue weighted by Gasteiger charge is 2.30. The molecule has 4 atom stereocenters. The predicted molar refractivity (Wildman–Crippen MR) is 124 cm³/mol. The van der Waals surface area contributed by atoms with Crippen molar-refractivity contribution >= 4 is 41.4 Å². The fraction of sp³-hybridized carbons (Fsp3) is 0.476. The van der Waals surface area contributed by atoms with Crippen molar-refractivity contribution in [1.82, 2.24) is 16.0 Å². The first-order valence-electron chi connectivity index (χ1n) is 10.3. The predicted octanol–water partition coefficient (Wildman–Crippen LogP) is -1.26. The molecule has 8 N–H and O–H groups in total. The number of hydrogen-bond donors (Lipinski definition) is 6. The van der Waals surface area contributed by atoms with E-state index in [1.807, 2.05) is 6.26 Å². The molecule has 0 aliphatic heterocycles. The number of aliphatic carboxylic acids is 1. The first kappa shape index (κ1) is 27.9. The van der Waals surface area contributed by atoms with Gasteiger partial charge in [-0.25, -0.2) is 4.79 Å². The van der Waals surface area contributed by atoms with E-state index in [2.05, 4.69) is 16.0 Å². The lowest BCUT2D eigenvalue weighted by Gasteiger charge is -2.24. The van der Waals surface area contributed by atoms with Crippen molar-refractivity contribution in [2.45, 2.75) is 50.4 Å². The van der Waals surface area contributed by atoms with Crippen LogP contribution in [0.5, 0.6) is 0 Å². The summed E-state index contributed by atoms with van der Waals surface area (Å²) in [6, 6.07) is 4.18. The Balaban J connectivity index is 3.09. The van der Waals surface area contributed by atoms with Crippen LogP contribution in [-0.2, 0) is 30.4 Å². The fourth-order valence-electron chi connectivity index (χ4n) is 2.81. The Morgan fingerprint density at radius 3 is 2.00 bits per heavy atom. The minimum Gasteiger partial charge on any atom is -0.480 e. The summed E-state index contributed by atoms with van der Waals surface area (Å²) in [5.41, 5.74) is 11.4. The number of carbonyl (C=O) groups excluding carboxylic acids is 4. The second-order valence-electron chi connectivity index (χ2n) is 7.45. The van der Waals surface area contributed by atoms with Crippen LogP contribution in [0.25, 0.3) is 0 Å². The molecule has 0 radical (unpaired) electrons. The van der Waals surface area contributed by atoms with Gasteiger partial charge in [0.1, 0.15) is 18.1 Å². The molecule has 1 aromatic rings. The molecule has 0 aromatic heterocycles. The molecular weight excluding hydrogens is 450 g/mol. The number of carbonyl (C=O) groups is 5. The van der Waals surface area contributed by atoms with Crippen LogP contribution >= 0.6 is 11.8 Å². The summed E-state index contributed by atoms with van der Waals surface area (Å²) in [5, 5.41) is 16.7. The van der Waals surface area contributed by atoms with E-state index < -0.39 is 60.2 Å². The van der Waals surface area contributed by atoms with Crippen molar-refractivity contribution in [3.63, 3.8) is 0 Å². The molecular formula is C21H31N5O6S. The molecule has 0 bridgehead atoms. The maximum atomic E-state index is 12.9. The number of carboxylic acid groups (broad SMARTS) is 1. The van der Waals surface area contributed by atoms with Gasteiger partial charge in [0.05, 0.1) is 12.5 Å². The molecule has 0 aliphatic rings. The van der Waals surface area contributed by atoms with Gasteiger partial charge in [0.15, 0.2) is 0 Å². The van der Waals surface area contributed by atoms with Crippen LogP contribution in [0.2, 0.25) is 0 Å². The Bertz CT molecular complexity index is 836. The maximum Gasteiger partial charge on any atom is 0.326 e. The molecule has 1 aromatic carbocycles. The minimum absolute atomic E-state index is 0.0534. The largest absolute Gasteiger partial charge is 0.480 e. The Hall–Kier alpha value is -3.12. The molecule has 0 aliphatic carbocycles. The van der Waals surface area contributed by atoms with Crippen LogP contribution in [-0.4, -0.2) is 70.9 Å². The van der Waals surface area contributed by atoms with E-state index in [0.29, 0.717) is 11.3 Å². The van der Waals surface area contributed by atoms with Crippen LogP contribution in [0, 0.1) is 0 Å². The number of primary amides is 1. The molecule has 182 valence electrons. The molecule has 1 rings (SSSR count). The van der Waals surface area contributed by atoms with Crippen molar-refractivity contribution in [2.75, 3.05) is 12.0 Å². The topological polar surface area (TPSA) is 194 Å². The van der Waals surface area contributed by atoms with Crippen LogP contribution in [0.3, 0.4) is 0 Å². The Kier molecular flexibility index (Phi) is 11.9. The van der Waals surface area contributed by atoms with Gasteiger partial charge in [-0.05, 0) is 30.9 Å². The SMILES string of the molecule is CSCCC(NC(=O)C(Cc1ccccc1)NC(=O)C(CC(N)=O)NC(=O)C(C)N)C(=O)O. The lowest BCUT2D eigenvalue weighted by molar-refractivity contribution is -0.142. The van der Waals surface area contributed by atoms with Crippen molar-refractivity contribution in [3.05, 3.63) is 35.9 Å². The summed E-state index contributed by atoms with van der Waals surface area (Å²) in [6.07, 6.45) is 1.56. The smallest absolute Gasteiger partial charge is 0.326 e. The van der Waals surface area contributed by atoms with Crippen LogP contribution < -0.4 is 27.4 Å². The molecule has 33 heavy (non-hydrogen) atoms. The third-order valence-corrected chi connectivity index (χ3v) is 5.24. The highest BCUT2D eigenvalue weighted by Crippen LogP contribution is 2.07. The molecule has 0 heterocycles. The maximum absolute atomic E-state index is 12.9. The van der Waals surface area contributed by atoms with Crippen molar-refractivity contribution in [3.8, 4) is 0 Å². The monoisotopic (exact) mass is 481 g/mol. The van der Waals surface area contributed by atoms with E-state index in [9.17, 15) is 29.1 Å². The van der Waals surface area contributed by atoms with Gasteiger partial charge in [-0.3, -0.25) is 19.2 Å². The third-order valence-electron chi connectivity index (χ3n) is 4.59. The van der Waals surface area contributed by atoms with Gasteiger partial charge in [0.2, 0.25) is 23.6 Å². The molecule has 0 fully saturated rings. The summed E-state index contributed by atoms with van der Waals surface area (Å²) in [5.74, 6) is -3.74. The summed E-state index contributed by atoms with van der Waals surface area (Å²) in [6.45, 7) is 1.40. The van der Waals surface area contributed by atoms with E-state index in [1.165, 1.54) is 18.7 Å². The number of rotatable bonds is 14. The Morgan fingerprint density at radius 2 is 1.48 bits per heavy atom. The number of thioether (sulfide) groups is 1.